The number of primary amides is 1. The number of imidazole rings is 2. The zero-order valence-corrected chi connectivity index (χ0v) is 20.1. The van der Waals surface area contributed by atoms with Crippen LogP contribution in [0.15, 0.2) is 25.0 Å². The maximum Gasteiger partial charge on any atom is 0.326 e. The van der Waals surface area contributed by atoms with E-state index in [1.807, 2.05) is 0 Å². The molecule has 9 N–H and O–H groups in total. The van der Waals surface area contributed by atoms with E-state index in [9.17, 15) is 29.1 Å². The summed E-state index contributed by atoms with van der Waals surface area (Å²) < 4.78 is 0. The number of H-pyrrole nitrogens is 2. The maximum atomic E-state index is 13.1. The van der Waals surface area contributed by atoms with E-state index in [1.54, 1.807) is 6.20 Å². The van der Waals surface area contributed by atoms with Gasteiger partial charge in [-0.3, -0.25) is 19.2 Å². The summed E-state index contributed by atoms with van der Waals surface area (Å²) in [5, 5.41) is 14.5. The molecule has 0 spiro atoms. The van der Waals surface area contributed by atoms with Crippen LogP contribution in [0.25, 0.3) is 0 Å². The summed E-state index contributed by atoms with van der Waals surface area (Å²) >= 11 is 0. The van der Waals surface area contributed by atoms with Gasteiger partial charge in [0.1, 0.15) is 18.1 Å². The number of hydrogen-bond donors (Lipinski definition) is 7. The molecule has 4 amide bonds. The fourth-order valence-electron chi connectivity index (χ4n) is 4.14. The number of carbonyl (C=O) groups is 5. The van der Waals surface area contributed by atoms with Crippen molar-refractivity contribution in [3.63, 3.8) is 0 Å². The van der Waals surface area contributed by atoms with E-state index < -0.39 is 53.8 Å². The first-order chi connectivity index (χ1) is 17.7. The Labute approximate surface area is 211 Å². The smallest absolute Gasteiger partial charge is 0.326 e. The Morgan fingerprint density at radius 3 is 2.27 bits per heavy atom. The van der Waals surface area contributed by atoms with Crippen molar-refractivity contribution >= 4 is 29.6 Å². The Morgan fingerprint density at radius 1 is 1.05 bits per heavy atom. The molecule has 0 aliphatic carbocycles. The average Bonchev–Trinajstić information content (AvgIpc) is 3.63. The number of aromatic amines is 2. The molecule has 0 unspecified atom stereocenters. The third-order valence-corrected chi connectivity index (χ3v) is 6.03. The van der Waals surface area contributed by atoms with Gasteiger partial charge in [0.15, 0.2) is 0 Å². The van der Waals surface area contributed by atoms with E-state index in [0.717, 1.165) is 0 Å². The quantitative estimate of drug-likeness (QED) is 0.149. The van der Waals surface area contributed by atoms with Crippen LogP contribution in [0.1, 0.15) is 37.1 Å². The molecule has 0 saturated carbocycles. The lowest BCUT2D eigenvalue weighted by Crippen LogP contribution is -2.57. The van der Waals surface area contributed by atoms with Crippen molar-refractivity contribution in [1.29, 1.82) is 0 Å². The standard InChI is InChI=1S/C22H31N9O6/c23-14(6-12-8-25-10-27-12)21(35)31-5-1-2-17(31)20(34)29-15(3-4-18(24)32)19(33)30-16(22(36)37)7-13-9-26-11-28-13/h8-11,14-17H,1-7,23H2,(H2,24,32)(H,25,27)(H,26,28)(H,29,34)(H,30,33)(H,36,37)/t14-,15-,16-,17-/m0/s1. The lowest BCUT2D eigenvalue weighted by molar-refractivity contribution is -0.143. The van der Waals surface area contributed by atoms with Gasteiger partial charge in [0.2, 0.25) is 23.6 Å². The molecule has 0 aromatic carbocycles. The number of nitrogens with zero attached hydrogens (tertiary/aromatic N) is 3. The number of carboxylic acid groups (broad SMARTS) is 1. The zero-order valence-electron chi connectivity index (χ0n) is 20.1. The van der Waals surface area contributed by atoms with Crippen molar-refractivity contribution in [2.45, 2.75) is 62.7 Å². The normalized spacial score (nSPS) is 17.5. The van der Waals surface area contributed by atoms with Crippen LogP contribution in [0, 0.1) is 0 Å². The number of rotatable bonds is 13. The van der Waals surface area contributed by atoms with E-state index >= 15 is 0 Å². The van der Waals surface area contributed by atoms with Crippen LogP contribution >= 0.6 is 0 Å². The van der Waals surface area contributed by atoms with Gasteiger partial charge in [-0.05, 0) is 19.3 Å². The number of hydrogen-bond acceptors (Lipinski definition) is 8. The summed E-state index contributed by atoms with van der Waals surface area (Å²) in [6.45, 7) is 0.314. The van der Waals surface area contributed by atoms with E-state index in [1.165, 1.54) is 23.8 Å². The lowest BCUT2D eigenvalue weighted by atomic mass is 10.1. The van der Waals surface area contributed by atoms with E-state index in [0.29, 0.717) is 30.8 Å². The highest BCUT2D eigenvalue weighted by Crippen LogP contribution is 2.19. The van der Waals surface area contributed by atoms with Gasteiger partial charge in [-0.1, -0.05) is 0 Å². The molecule has 1 fully saturated rings. The Balaban J connectivity index is 1.67. The summed E-state index contributed by atoms with van der Waals surface area (Å²) in [7, 11) is 0. The van der Waals surface area contributed by atoms with Crippen molar-refractivity contribution < 1.29 is 29.1 Å². The second kappa shape index (κ2) is 12.6. The van der Waals surface area contributed by atoms with Crippen LogP contribution in [0.4, 0.5) is 0 Å². The Bertz CT molecular complexity index is 1090. The first-order valence-electron chi connectivity index (χ1n) is 11.8. The van der Waals surface area contributed by atoms with E-state index in [2.05, 4.69) is 30.6 Å². The van der Waals surface area contributed by atoms with Crippen molar-refractivity contribution in [2.24, 2.45) is 11.5 Å². The number of nitrogens with one attached hydrogen (secondary N) is 4. The van der Waals surface area contributed by atoms with Crippen LogP contribution in [-0.2, 0) is 36.8 Å². The van der Waals surface area contributed by atoms with Gasteiger partial charge in [-0.15, -0.1) is 0 Å². The molecule has 2 aromatic rings. The molecule has 0 bridgehead atoms. The molecule has 3 heterocycles. The first-order valence-corrected chi connectivity index (χ1v) is 11.8. The Morgan fingerprint density at radius 2 is 1.70 bits per heavy atom. The number of amides is 4. The summed E-state index contributed by atoms with van der Waals surface area (Å²) in [6.07, 6.45) is 6.59. The molecule has 2 aromatic heterocycles. The van der Waals surface area contributed by atoms with Crippen LogP contribution in [0.5, 0.6) is 0 Å². The fourth-order valence-corrected chi connectivity index (χ4v) is 4.14. The molecule has 1 aliphatic heterocycles. The molecule has 4 atom stereocenters. The number of aromatic nitrogens is 4. The summed E-state index contributed by atoms with van der Waals surface area (Å²) in [6, 6.07) is -4.37. The van der Waals surface area contributed by atoms with Crippen LogP contribution < -0.4 is 22.1 Å². The number of carbonyl (C=O) groups excluding carboxylic acids is 4. The van der Waals surface area contributed by atoms with Gasteiger partial charge in [-0.25, -0.2) is 14.8 Å². The molecular formula is C22H31N9O6. The second-order valence-electron chi connectivity index (χ2n) is 8.79. The average molecular weight is 518 g/mol. The predicted octanol–water partition coefficient (Wildman–Crippen LogP) is -2.44. The molecule has 3 rings (SSSR count). The monoisotopic (exact) mass is 517 g/mol. The molecule has 37 heavy (non-hydrogen) atoms. The van der Waals surface area contributed by atoms with Gasteiger partial charge >= 0.3 is 5.97 Å². The van der Waals surface area contributed by atoms with Gasteiger partial charge in [-0.2, -0.15) is 0 Å². The minimum atomic E-state index is -1.33. The summed E-state index contributed by atoms with van der Waals surface area (Å²) in [4.78, 5) is 77.0. The molecule has 0 radical (unpaired) electrons. The van der Waals surface area contributed by atoms with Crippen LogP contribution in [-0.4, -0.2) is 90.3 Å². The minimum Gasteiger partial charge on any atom is -0.480 e. The number of aliphatic carboxylic acids is 1. The Kier molecular flexibility index (Phi) is 9.32. The SMILES string of the molecule is NC(=O)CC[C@H](NC(=O)[C@@H]1CCCN1C(=O)[C@@H](N)Cc1c[nH]cn1)C(=O)N[C@@H](Cc1c[nH]cn1)C(=O)O. The highest BCUT2D eigenvalue weighted by molar-refractivity contribution is 5.94. The van der Waals surface area contributed by atoms with E-state index in [4.69, 9.17) is 11.5 Å². The number of likely N-dealkylation sites (tertiary alicyclic amines) is 1. The molecular weight excluding hydrogens is 486 g/mol. The van der Waals surface area contributed by atoms with Crippen molar-refractivity contribution in [3.05, 3.63) is 36.4 Å². The van der Waals surface area contributed by atoms with Gasteiger partial charge < -0.3 is 42.1 Å². The van der Waals surface area contributed by atoms with Crippen LogP contribution in [0.2, 0.25) is 0 Å². The zero-order chi connectivity index (χ0) is 26.9. The molecule has 15 nitrogen and oxygen atoms in total. The molecule has 15 heteroatoms. The highest BCUT2D eigenvalue weighted by atomic mass is 16.4. The number of nitrogens with two attached hydrogens (primary N) is 2. The predicted molar refractivity (Wildman–Crippen MR) is 127 cm³/mol. The molecule has 1 aliphatic rings. The van der Waals surface area contributed by atoms with Gasteiger partial charge in [0.25, 0.3) is 0 Å². The molecule has 200 valence electrons. The van der Waals surface area contributed by atoms with E-state index in [-0.39, 0.29) is 25.7 Å². The molecule has 1 saturated heterocycles. The van der Waals surface area contributed by atoms with Gasteiger partial charge in [0.05, 0.1) is 30.1 Å². The number of carboxylic acids is 1. The Hall–Kier alpha value is -4.27. The third-order valence-electron chi connectivity index (χ3n) is 6.03. The minimum absolute atomic E-state index is 0.0974. The summed E-state index contributed by atoms with van der Waals surface area (Å²) in [5.41, 5.74) is 12.3. The van der Waals surface area contributed by atoms with Crippen molar-refractivity contribution in [2.75, 3.05) is 6.54 Å². The fraction of sp³-hybridized carbons (Fsp3) is 0.500. The lowest BCUT2D eigenvalue weighted by Gasteiger charge is -2.28. The first kappa shape index (κ1) is 27.3. The maximum absolute atomic E-state index is 13.1. The topological polar surface area (TPSA) is 242 Å². The van der Waals surface area contributed by atoms with Gasteiger partial charge in [0, 0.05) is 38.2 Å². The third kappa shape index (κ3) is 7.60. The largest absolute Gasteiger partial charge is 0.480 e. The second-order valence-corrected chi connectivity index (χ2v) is 8.79. The van der Waals surface area contributed by atoms with Crippen LogP contribution in [0.3, 0.4) is 0 Å². The summed E-state index contributed by atoms with van der Waals surface area (Å²) in [5.74, 6) is -3.83. The van der Waals surface area contributed by atoms with Crippen molar-refractivity contribution in [3.8, 4) is 0 Å². The highest BCUT2D eigenvalue weighted by Gasteiger charge is 2.38. The van der Waals surface area contributed by atoms with Crippen molar-refractivity contribution in [1.82, 2.24) is 35.5 Å².